The van der Waals surface area contributed by atoms with E-state index >= 15 is 0 Å². The van der Waals surface area contributed by atoms with Crippen molar-refractivity contribution >= 4 is 17.1 Å². The number of hydrogen-bond donors (Lipinski definition) is 2. The molecule has 0 aliphatic heterocycles. The van der Waals surface area contributed by atoms with E-state index in [0.717, 1.165) is 42.8 Å². The molecule has 0 saturated heterocycles. The number of nitrogens with one attached hydrogen (secondary N) is 2. The van der Waals surface area contributed by atoms with Crippen LogP contribution in [0.15, 0.2) is 60.2 Å². The van der Waals surface area contributed by atoms with Gasteiger partial charge in [0.25, 0.3) is 0 Å². The second-order valence-electron chi connectivity index (χ2n) is 5.88. The van der Waals surface area contributed by atoms with E-state index in [-0.39, 0.29) is 0 Å². The zero-order valence-electron chi connectivity index (χ0n) is 13.5. The summed E-state index contributed by atoms with van der Waals surface area (Å²) in [5.41, 5.74) is 4.78. The topological polar surface area (TPSA) is 40.7 Å². The Balaban J connectivity index is 1.40. The van der Waals surface area contributed by atoms with E-state index in [1.54, 1.807) is 0 Å². The lowest BCUT2D eigenvalue weighted by molar-refractivity contribution is 0.672. The number of rotatable bonds is 7. The van der Waals surface area contributed by atoms with Gasteiger partial charge in [0.1, 0.15) is 5.82 Å². The summed E-state index contributed by atoms with van der Waals surface area (Å²) in [6.07, 6.45) is 4.29. The van der Waals surface area contributed by atoms with Gasteiger partial charge in [0.15, 0.2) is 0 Å². The van der Waals surface area contributed by atoms with Gasteiger partial charge in [-0.05, 0) is 37.6 Å². The van der Waals surface area contributed by atoms with E-state index < -0.39 is 0 Å². The van der Waals surface area contributed by atoms with Crippen LogP contribution >= 0.6 is 0 Å². The number of hydrogen-bond acceptors (Lipinski definition) is 2. The SMILES string of the molecule is C/C(=C/c1ccccc1)CNCCCc1nc2ccccc2[nH]1. The van der Waals surface area contributed by atoms with Gasteiger partial charge in [0.2, 0.25) is 0 Å². The van der Waals surface area contributed by atoms with E-state index in [1.807, 2.05) is 24.3 Å². The minimum Gasteiger partial charge on any atom is -0.342 e. The summed E-state index contributed by atoms with van der Waals surface area (Å²) >= 11 is 0. The van der Waals surface area contributed by atoms with Crippen LogP contribution in [0.1, 0.15) is 24.7 Å². The van der Waals surface area contributed by atoms with Gasteiger partial charge in [-0.1, -0.05) is 54.1 Å². The lowest BCUT2D eigenvalue weighted by Gasteiger charge is -2.04. The van der Waals surface area contributed by atoms with Crippen molar-refractivity contribution in [2.75, 3.05) is 13.1 Å². The molecule has 3 aromatic rings. The number of imidazole rings is 1. The van der Waals surface area contributed by atoms with Crippen molar-refractivity contribution < 1.29 is 0 Å². The molecule has 1 aromatic heterocycles. The van der Waals surface area contributed by atoms with Crippen molar-refractivity contribution in [3.8, 4) is 0 Å². The molecule has 0 aliphatic carbocycles. The molecule has 118 valence electrons. The van der Waals surface area contributed by atoms with Crippen molar-refractivity contribution in [2.24, 2.45) is 0 Å². The smallest absolute Gasteiger partial charge is 0.107 e. The van der Waals surface area contributed by atoms with Crippen LogP contribution in [0.2, 0.25) is 0 Å². The Bertz CT molecular complexity index is 739. The molecule has 1 heterocycles. The number of aryl methyl sites for hydroxylation is 1. The fourth-order valence-corrected chi connectivity index (χ4v) is 2.68. The summed E-state index contributed by atoms with van der Waals surface area (Å²) in [5, 5.41) is 3.50. The van der Waals surface area contributed by atoms with Gasteiger partial charge in [-0.15, -0.1) is 0 Å². The van der Waals surface area contributed by atoms with Crippen molar-refractivity contribution in [3.05, 3.63) is 71.6 Å². The van der Waals surface area contributed by atoms with Crippen LogP contribution in [0, 0.1) is 0 Å². The van der Waals surface area contributed by atoms with Crippen LogP contribution in [0.4, 0.5) is 0 Å². The Labute approximate surface area is 137 Å². The molecule has 0 amide bonds. The minimum absolute atomic E-state index is 0.926. The Hall–Kier alpha value is -2.39. The van der Waals surface area contributed by atoms with E-state index in [9.17, 15) is 0 Å². The summed E-state index contributed by atoms with van der Waals surface area (Å²) in [5.74, 6) is 1.07. The van der Waals surface area contributed by atoms with Gasteiger partial charge in [0, 0.05) is 13.0 Å². The van der Waals surface area contributed by atoms with Gasteiger partial charge >= 0.3 is 0 Å². The molecule has 23 heavy (non-hydrogen) atoms. The van der Waals surface area contributed by atoms with E-state index in [4.69, 9.17) is 0 Å². The fraction of sp³-hybridized carbons (Fsp3) is 0.250. The van der Waals surface area contributed by atoms with Crippen molar-refractivity contribution in [1.29, 1.82) is 0 Å². The Morgan fingerprint density at radius 3 is 2.70 bits per heavy atom. The van der Waals surface area contributed by atoms with Crippen LogP contribution in [0.5, 0.6) is 0 Å². The summed E-state index contributed by atoms with van der Waals surface area (Å²) < 4.78 is 0. The number of aromatic nitrogens is 2. The largest absolute Gasteiger partial charge is 0.342 e. The maximum atomic E-state index is 4.61. The first-order valence-electron chi connectivity index (χ1n) is 8.18. The average Bonchev–Trinajstić information content (AvgIpc) is 2.98. The quantitative estimate of drug-likeness (QED) is 0.643. The van der Waals surface area contributed by atoms with E-state index in [2.05, 4.69) is 58.6 Å². The second-order valence-corrected chi connectivity index (χ2v) is 5.88. The van der Waals surface area contributed by atoms with Crippen LogP contribution in [0.25, 0.3) is 17.1 Å². The Kier molecular flexibility index (Phi) is 5.22. The molecule has 0 fully saturated rings. The normalized spacial score (nSPS) is 12.0. The lowest BCUT2D eigenvalue weighted by atomic mass is 10.1. The Morgan fingerprint density at radius 2 is 1.87 bits per heavy atom. The third kappa shape index (κ3) is 4.54. The summed E-state index contributed by atoms with van der Waals surface area (Å²) in [6.45, 7) is 4.09. The molecule has 0 atom stereocenters. The molecule has 0 spiro atoms. The third-order valence-corrected chi connectivity index (χ3v) is 3.82. The van der Waals surface area contributed by atoms with Crippen LogP contribution in [-0.2, 0) is 6.42 Å². The standard InChI is InChI=1S/C20H23N3/c1-16(14-17-8-3-2-4-9-17)15-21-13-7-12-20-22-18-10-5-6-11-19(18)23-20/h2-6,8-11,14,21H,7,12-13,15H2,1H3,(H,22,23)/b16-14-. The zero-order valence-corrected chi connectivity index (χ0v) is 13.5. The van der Waals surface area contributed by atoms with Gasteiger partial charge in [-0.3, -0.25) is 0 Å². The molecule has 3 heteroatoms. The number of aromatic amines is 1. The molecule has 0 radical (unpaired) electrons. The summed E-state index contributed by atoms with van der Waals surface area (Å²) in [6, 6.07) is 18.6. The number of fused-ring (bicyclic) bond motifs is 1. The van der Waals surface area contributed by atoms with Crippen LogP contribution in [0.3, 0.4) is 0 Å². The highest BCUT2D eigenvalue weighted by Gasteiger charge is 2.01. The van der Waals surface area contributed by atoms with Gasteiger partial charge in [0.05, 0.1) is 11.0 Å². The first-order valence-corrected chi connectivity index (χ1v) is 8.18. The monoisotopic (exact) mass is 305 g/mol. The molecule has 0 unspecified atom stereocenters. The van der Waals surface area contributed by atoms with Gasteiger partial charge < -0.3 is 10.3 Å². The first-order chi connectivity index (χ1) is 11.3. The maximum absolute atomic E-state index is 4.61. The molecule has 0 bridgehead atoms. The first kappa shape index (κ1) is 15.5. The lowest BCUT2D eigenvalue weighted by Crippen LogP contribution is -2.18. The molecular formula is C20H23N3. The van der Waals surface area contributed by atoms with Crippen LogP contribution < -0.4 is 5.32 Å². The summed E-state index contributed by atoms with van der Waals surface area (Å²) in [4.78, 5) is 7.98. The van der Waals surface area contributed by atoms with Gasteiger partial charge in [-0.25, -0.2) is 4.98 Å². The van der Waals surface area contributed by atoms with Crippen molar-refractivity contribution in [1.82, 2.24) is 15.3 Å². The second kappa shape index (κ2) is 7.75. The van der Waals surface area contributed by atoms with E-state index in [1.165, 1.54) is 11.1 Å². The average molecular weight is 305 g/mol. The highest BCUT2D eigenvalue weighted by atomic mass is 14.9. The molecule has 3 rings (SSSR count). The predicted octanol–water partition coefficient (Wildman–Crippen LogP) is 4.19. The fourth-order valence-electron chi connectivity index (χ4n) is 2.68. The third-order valence-electron chi connectivity index (χ3n) is 3.82. The summed E-state index contributed by atoms with van der Waals surface area (Å²) in [7, 11) is 0. The van der Waals surface area contributed by atoms with E-state index in [0.29, 0.717) is 0 Å². The molecule has 0 saturated carbocycles. The number of H-pyrrole nitrogens is 1. The molecule has 2 N–H and O–H groups in total. The molecule has 0 aliphatic rings. The highest BCUT2D eigenvalue weighted by molar-refractivity contribution is 5.74. The van der Waals surface area contributed by atoms with Crippen molar-refractivity contribution in [2.45, 2.75) is 19.8 Å². The maximum Gasteiger partial charge on any atom is 0.107 e. The zero-order chi connectivity index (χ0) is 15.9. The molecule has 2 aromatic carbocycles. The highest BCUT2D eigenvalue weighted by Crippen LogP contribution is 2.11. The molecule has 3 nitrogen and oxygen atoms in total. The van der Waals surface area contributed by atoms with Crippen LogP contribution in [-0.4, -0.2) is 23.1 Å². The van der Waals surface area contributed by atoms with Crippen molar-refractivity contribution in [3.63, 3.8) is 0 Å². The molecular weight excluding hydrogens is 282 g/mol. The number of nitrogens with zero attached hydrogens (tertiary/aromatic N) is 1. The minimum atomic E-state index is 0.926. The number of para-hydroxylation sites is 2. The van der Waals surface area contributed by atoms with Gasteiger partial charge in [-0.2, -0.15) is 0 Å². The predicted molar refractivity (Wildman–Crippen MR) is 97.4 cm³/mol. The Morgan fingerprint density at radius 1 is 1.09 bits per heavy atom. The number of benzene rings is 2.